The molecule has 0 saturated carbocycles. The molecule has 8 nitrogen and oxygen atoms in total. The normalized spacial score (nSPS) is 15.3. The maximum Gasteiger partial charge on any atom is 0.420 e. The lowest BCUT2D eigenvalue weighted by molar-refractivity contribution is -0.136. The van der Waals surface area contributed by atoms with Crippen molar-refractivity contribution in [1.29, 1.82) is 0 Å². The molecule has 5 rings (SSSR count). The number of amides is 2. The molecule has 2 amide bonds. The van der Waals surface area contributed by atoms with E-state index < -0.39 is 23.2 Å². The Morgan fingerprint density at radius 2 is 1.86 bits per heavy atom. The summed E-state index contributed by atoms with van der Waals surface area (Å²) in [5.41, 5.74) is 5.75. The number of hydrogen-bond acceptors (Lipinski definition) is 6. The molecule has 0 bridgehead atoms. The number of ether oxygens (including phenoxy) is 1. The predicted molar refractivity (Wildman–Crippen MR) is 152 cm³/mol. The first-order valence-corrected chi connectivity index (χ1v) is 13.2. The van der Waals surface area contributed by atoms with Crippen molar-refractivity contribution in [2.45, 2.75) is 32.1 Å². The number of morpholine rings is 1. The van der Waals surface area contributed by atoms with Gasteiger partial charge in [-0.1, -0.05) is 12.1 Å². The van der Waals surface area contributed by atoms with E-state index in [1.165, 1.54) is 24.4 Å². The second kappa shape index (κ2) is 11.3. The van der Waals surface area contributed by atoms with Crippen LogP contribution < -0.4 is 11.1 Å². The van der Waals surface area contributed by atoms with Crippen molar-refractivity contribution in [3.05, 3.63) is 89.3 Å². The molecule has 218 valence electrons. The molecule has 2 aromatic carbocycles. The number of nitrogens with zero attached hydrogens (tertiary/aromatic N) is 2. The van der Waals surface area contributed by atoms with Crippen molar-refractivity contribution in [3.63, 3.8) is 0 Å². The number of fused-ring (bicyclic) bond motifs is 1. The number of alkyl halides is 3. The summed E-state index contributed by atoms with van der Waals surface area (Å²) in [4.78, 5) is 31.1. The van der Waals surface area contributed by atoms with Crippen LogP contribution in [0.2, 0.25) is 0 Å². The quantitative estimate of drug-likeness (QED) is 0.285. The lowest BCUT2D eigenvalue weighted by Gasteiger charge is -2.42. The van der Waals surface area contributed by atoms with Gasteiger partial charge in [-0.25, -0.2) is 4.98 Å². The van der Waals surface area contributed by atoms with Crippen LogP contribution in [0.15, 0.2) is 71.3 Å². The molecule has 1 aliphatic heterocycles. The number of anilines is 1. The zero-order valence-corrected chi connectivity index (χ0v) is 23.0. The molecule has 42 heavy (non-hydrogen) atoms. The smallest absolute Gasteiger partial charge is 0.420 e. The van der Waals surface area contributed by atoms with E-state index in [1.807, 2.05) is 13.8 Å². The van der Waals surface area contributed by atoms with E-state index in [0.29, 0.717) is 47.8 Å². The molecule has 11 heteroatoms. The lowest BCUT2D eigenvalue weighted by atomic mass is 9.97. The van der Waals surface area contributed by atoms with Crippen molar-refractivity contribution >= 4 is 34.7 Å². The zero-order valence-electron chi connectivity index (χ0n) is 23.0. The van der Waals surface area contributed by atoms with Gasteiger partial charge in [0.25, 0.3) is 5.91 Å². The van der Waals surface area contributed by atoms with Crippen LogP contribution in [0.4, 0.5) is 19.0 Å². The molecule has 4 aromatic rings. The summed E-state index contributed by atoms with van der Waals surface area (Å²) in [6.07, 6.45) is -0.357. The summed E-state index contributed by atoms with van der Waals surface area (Å²) >= 11 is 0. The third-order valence-electron chi connectivity index (χ3n) is 7.00. The third-order valence-corrected chi connectivity index (χ3v) is 7.00. The average Bonchev–Trinajstić information content (AvgIpc) is 3.37. The largest absolute Gasteiger partial charge is 0.459 e. The number of rotatable bonds is 6. The van der Waals surface area contributed by atoms with E-state index in [-0.39, 0.29) is 29.2 Å². The van der Waals surface area contributed by atoms with Crippen LogP contribution in [0.5, 0.6) is 0 Å². The molecular formula is C31H29F3N4O4. The van der Waals surface area contributed by atoms with Gasteiger partial charge in [0, 0.05) is 29.8 Å². The van der Waals surface area contributed by atoms with E-state index in [0.717, 1.165) is 6.07 Å². The Morgan fingerprint density at radius 1 is 1.10 bits per heavy atom. The molecule has 3 N–H and O–H groups in total. The number of nitrogens with one attached hydrogen (secondary N) is 1. The van der Waals surface area contributed by atoms with Crippen LogP contribution in [0.25, 0.3) is 28.2 Å². The van der Waals surface area contributed by atoms with Crippen molar-refractivity contribution < 1.29 is 31.9 Å². The molecule has 0 unspecified atom stereocenters. The molecule has 2 aromatic heterocycles. The van der Waals surface area contributed by atoms with Crippen LogP contribution in [-0.4, -0.2) is 47.0 Å². The molecule has 1 aliphatic rings. The first-order chi connectivity index (χ1) is 19.9. The van der Waals surface area contributed by atoms with E-state index in [2.05, 4.69) is 10.3 Å². The van der Waals surface area contributed by atoms with Gasteiger partial charge in [-0.3, -0.25) is 9.59 Å². The summed E-state index contributed by atoms with van der Waals surface area (Å²) in [6.45, 7) is 5.06. The minimum Gasteiger partial charge on any atom is -0.459 e. The van der Waals surface area contributed by atoms with Gasteiger partial charge in [-0.2, -0.15) is 13.2 Å². The van der Waals surface area contributed by atoms with E-state index in [4.69, 9.17) is 14.9 Å². The standard InChI is InChI=1S/C31H29F3N4O4/c1-30(2)18-41-12-11-38(30)29(40)21-7-5-20(6-8-21)22-13-23-14-24(42-28(23)25(15-22)31(32,33)34)17-37-27(39)10-4-19-3-9-26(35)36-16-19/h3-10,13-16H,11-12,17-18H2,1-2H3,(H2,35,36)(H,37,39). The van der Waals surface area contributed by atoms with E-state index >= 15 is 0 Å². The van der Waals surface area contributed by atoms with Crippen molar-refractivity contribution in [3.8, 4) is 11.1 Å². The van der Waals surface area contributed by atoms with Crippen LogP contribution >= 0.6 is 0 Å². The van der Waals surface area contributed by atoms with Crippen LogP contribution in [0.1, 0.15) is 41.1 Å². The second-order valence-electron chi connectivity index (χ2n) is 10.6. The first kappa shape index (κ1) is 28.9. The molecule has 0 spiro atoms. The highest BCUT2D eigenvalue weighted by Gasteiger charge is 2.36. The molecule has 1 fully saturated rings. The fourth-order valence-electron chi connectivity index (χ4n) is 4.79. The van der Waals surface area contributed by atoms with Crippen molar-refractivity contribution in [2.75, 3.05) is 25.5 Å². The Labute approximate surface area is 240 Å². The maximum absolute atomic E-state index is 14.1. The number of carbonyl (C=O) groups is 2. The maximum atomic E-state index is 14.1. The topological polar surface area (TPSA) is 111 Å². The summed E-state index contributed by atoms with van der Waals surface area (Å²) < 4.78 is 53.2. The first-order valence-electron chi connectivity index (χ1n) is 13.2. The van der Waals surface area contributed by atoms with Crippen molar-refractivity contribution in [2.24, 2.45) is 0 Å². The highest BCUT2D eigenvalue weighted by atomic mass is 19.4. The summed E-state index contributed by atoms with van der Waals surface area (Å²) in [7, 11) is 0. The van der Waals surface area contributed by atoms with Gasteiger partial charge in [0.1, 0.15) is 17.2 Å². The fourth-order valence-corrected chi connectivity index (χ4v) is 4.79. The molecule has 0 atom stereocenters. The summed E-state index contributed by atoms with van der Waals surface area (Å²) in [5, 5.41) is 2.84. The molecule has 0 aliphatic carbocycles. The molecule has 0 radical (unpaired) electrons. The van der Waals surface area contributed by atoms with Gasteiger partial charge in [-0.15, -0.1) is 0 Å². The number of benzene rings is 2. The van der Waals surface area contributed by atoms with E-state index in [9.17, 15) is 22.8 Å². The van der Waals surface area contributed by atoms with E-state index in [1.54, 1.807) is 47.4 Å². The molecular weight excluding hydrogens is 549 g/mol. The lowest BCUT2D eigenvalue weighted by Crippen LogP contribution is -2.55. The number of nitrogen functional groups attached to an aromatic ring is 1. The van der Waals surface area contributed by atoms with Gasteiger partial charge in [-0.05, 0) is 79.1 Å². The average molecular weight is 579 g/mol. The minimum atomic E-state index is -4.68. The Bertz CT molecular complexity index is 1640. The van der Waals surface area contributed by atoms with Gasteiger partial charge in [0.15, 0.2) is 0 Å². The summed E-state index contributed by atoms with van der Waals surface area (Å²) in [5.74, 6) is -0.109. The van der Waals surface area contributed by atoms with Crippen molar-refractivity contribution in [1.82, 2.24) is 15.2 Å². The Kier molecular flexibility index (Phi) is 7.79. The Hall–Kier alpha value is -4.64. The van der Waals surface area contributed by atoms with Gasteiger partial charge < -0.3 is 25.1 Å². The molecule has 1 saturated heterocycles. The number of carbonyl (C=O) groups excluding carboxylic acids is 2. The highest BCUT2D eigenvalue weighted by Crippen LogP contribution is 2.39. The van der Waals surface area contributed by atoms with Crippen LogP contribution in [0.3, 0.4) is 0 Å². The van der Waals surface area contributed by atoms with Gasteiger partial charge in [0.05, 0.1) is 30.9 Å². The Balaban J connectivity index is 1.36. The molecule has 3 heterocycles. The number of halogens is 3. The van der Waals surface area contributed by atoms with Gasteiger partial charge in [0.2, 0.25) is 5.91 Å². The monoisotopic (exact) mass is 578 g/mol. The number of furan rings is 1. The predicted octanol–water partition coefficient (Wildman–Crippen LogP) is 5.68. The summed E-state index contributed by atoms with van der Waals surface area (Å²) in [6, 6.07) is 13.9. The number of nitrogens with two attached hydrogens (primary N) is 1. The van der Waals surface area contributed by atoms with Crippen LogP contribution in [-0.2, 0) is 22.3 Å². The minimum absolute atomic E-state index is 0.112. The number of pyridine rings is 1. The number of aromatic nitrogens is 1. The van der Waals surface area contributed by atoms with Crippen LogP contribution in [0, 0.1) is 0 Å². The zero-order chi connectivity index (χ0) is 30.1. The highest BCUT2D eigenvalue weighted by molar-refractivity contribution is 5.96. The Morgan fingerprint density at radius 3 is 2.52 bits per heavy atom. The van der Waals surface area contributed by atoms with Gasteiger partial charge >= 0.3 is 6.18 Å². The number of hydrogen-bond donors (Lipinski definition) is 2. The SMILES string of the molecule is CC1(C)COCCN1C(=O)c1ccc(-c2cc(C(F)(F)F)c3oc(CNC(=O)C=Cc4ccc(N)nc4)cc3c2)cc1. The third kappa shape index (κ3) is 6.31. The second-order valence-corrected chi connectivity index (χ2v) is 10.6. The fraction of sp³-hybridized carbons (Fsp3) is 0.258.